The van der Waals surface area contributed by atoms with Crippen molar-refractivity contribution in [2.24, 2.45) is 0 Å². The number of carbonyl (C=O) groups is 1. The number of hydrogen-bond acceptors (Lipinski definition) is 4. The number of ether oxygens (including phenoxy) is 1. The fourth-order valence-corrected chi connectivity index (χ4v) is 2.18. The second kappa shape index (κ2) is 5.24. The third kappa shape index (κ3) is 2.55. The van der Waals surface area contributed by atoms with Crippen LogP contribution < -0.4 is 4.74 Å². The van der Waals surface area contributed by atoms with Gasteiger partial charge in [-0.05, 0) is 29.8 Å². The molecule has 21 heavy (non-hydrogen) atoms. The molecule has 0 amide bonds. The van der Waals surface area contributed by atoms with Gasteiger partial charge in [0, 0.05) is 18.8 Å². The summed E-state index contributed by atoms with van der Waals surface area (Å²) in [5.74, 6) is -0.393. The second-order valence-electron chi connectivity index (χ2n) is 4.59. The SMILES string of the molecule is COc1cc(Cn2cnc3cc(C(=O)O)ccc32)ccn1. The van der Waals surface area contributed by atoms with Gasteiger partial charge in [-0.15, -0.1) is 0 Å². The molecule has 106 valence electrons. The third-order valence-corrected chi connectivity index (χ3v) is 3.23. The van der Waals surface area contributed by atoms with Gasteiger partial charge in [0.15, 0.2) is 0 Å². The lowest BCUT2D eigenvalue weighted by atomic mass is 10.2. The van der Waals surface area contributed by atoms with Gasteiger partial charge < -0.3 is 14.4 Å². The summed E-state index contributed by atoms with van der Waals surface area (Å²) in [7, 11) is 1.58. The summed E-state index contributed by atoms with van der Waals surface area (Å²) in [6.45, 7) is 0.613. The van der Waals surface area contributed by atoms with E-state index in [9.17, 15) is 4.79 Å². The molecule has 1 N–H and O–H groups in total. The molecule has 0 aliphatic rings. The van der Waals surface area contributed by atoms with Gasteiger partial charge in [0.2, 0.25) is 5.88 Å². The summed E-state index contributed by atoms with van der Waals surface area (Å²) < 4.78 is 7.06. The number of nitrogens with zero attached hydrogens (tertiary/aromatic N) is 3. The lowest BCUT2D eigenvalue weighted by Crippen LogP contribution is -2.00. The maximum absolute atomic E-state index is 11.0. The van der Waals surface area contributed by atoms with Gasteiger partial charge in [0.1, 0.15) is 0 Å². The molecule has 0 unspecified atom stereocenters. The number of imidazole rings is 1. The van der Waals surface area contributed by atoms with E-state index in [4.69, 9.17) is 9.84 Å². The summed E-state index contributed by atoms with van der Waals surface area (Å²) in [6.07, 6.45) is 3.39. The molecule has 0 atom stereocenters. The third-order valence-electron chi connectivity index (χ3n) is 3.23. The van der Waals surface area contributed by atoms with E-state index in [0.29, 0.717) is 17.9 Å². The molecule has 0 spiro atoms. The van der Waals surface area contributed by atoms with Crippen molar-refractivity contribution in [2.45, 2.75) is 6.54 Å². The van der Waals surface area contributed by atoms with Gasteiger partial charge in [0.05, 0.1) is 30.0 Å². The van der Waals surface area contributed by atoms with Gasteiger partial charge in [0.25, 0.3) is 0 Å². The fourth-order valence-electron chi connectivity index (χ4n) is 2.18. The smallest absolute Gasteiger partial charge is 0.335 e. The molecular weight excluding hydrogens is 270 g/mol. The first-order chi connectivity index (χ1) is 10.2. The maximum atomic E-state index is 11.0. The molecule has 1 aromatic carbocycles. The highest BCUT2D eigenvalue weighted by Crippen LogP contribution is 2.17. The molecular formula is C15H13N3O3. The molecule has 2 aromatic heterocycles. The minimum Gasteiger partial charge on any atom is -0.481 e. The predicted octanol–water partition coefficient (Wildman–Crippen LogP) is 2.19. The lowest BCUT2D eigenvalue weighted by Gasteiger charge is -2.06. The van der Waals surface area contributed by atoms with Gasteiger partial charge in [-0.1, -0.05) is 0 Å². The topological polar surface area (TPSA) is 77.2 Å². The van der Waals surface area contributed by atoms with Gasteiger partial charge in [-0.25, -0.2) is 14.8 Å². The van der Waals surface area contributed by atoms with E-state index in [0.717, 1.165) is 11.1 Å². The number of aromatic carboxylic acids is 1. The predicted molar refractivity (Wildman–Crippen MR) is 76.6 cm³/mol. The number of carboxylic acid groups (broad SMARTS) is 1. The van der Waals surface area contributed by atoms with E-state index < -0.39 is 5.97 Å². The van der Waals surface area contributed by atoms with Gasteiger partial charge in [-0.2, -0.15) is 0 Å². The summed E-state index contributed by atoms with van der Waals surface area (Å²) in [4.78, 5) is 19.3. The van der Waals surface area contributed by atoms with Crippen molar-refractivity contribution in [3.05, 3.63) is 54.0 Å². The maximum Gasteiger partial charge on any atom is 0.335 e. The van der Waals surface area contributed by atoms with Crippen molar-refractivity contribution >= 4 is 17.0 Å². The van der Waals surface area contributed by atoms with E-state index >= 15 is 0 Å². The summed E-state index contributed by atoms with van der Waals surface area (Å²) in [5.41, 5.74) is 2.81. The number of fused-ring (bicyclic) bond motifs is 1. The molecule has 0 saturated heterocycles. The van der Waals surface area contributed by atoms with Crippen molar-refractivity contribution in [3.8, 4) is 5.88 Å². The number of carboxylic acids is 1. The number of benzene rings is 1. The number of methoxy groups -OCH3 is 1. The zero-order chi connectivity index (χ0) is 14.8. The van der Waals surface area contributed by atoms with Crippen LogP contribution in [-0.2, 0) is 6.54 Å². The summed E-state index contributed by atoms with van der Waals surface area (Å²) in [5, 5.41) is 8.99. The van der Waals surface area contributed by atoms with Crippen molar-refractivity contribution in [1.82, 2.24) is 14.5 Å². The van der Waals surface area contributed by atoms with Crippen LogP contribution in [-0.4, -0.2) is 32.7 Å². The van der Waals surface area contributed by atoms with E-state index in [1.807, 2.05) is 16.7 Å². The highest BCUT2D eigenvalue weighted by molar-refractivity contribution is 5.92. The van der Waals surface area contributed by atoms with Gasteiger partial charge >= 0.3 is 5.97 Å². The average Bonchev–Trinajstić information content (AvgIpc) is 2.90. The van der Waals surface area contributed by atoms with Crippen LogP contribution in [0, 0.1) is 0 Å². The molecule has 0 aliphatic carbocycles. The number of pyridine rings is 1. The quantitative estimate of drug-likeness (QED) is 0.794. The molecule has 0 radical (unpaired) electrons. The molecule has 0 fully saturated rings. The monoisotopic (exact) mass is 283 g/mol. The van der Waals surface area contributed by atoms with Crippen LogP contribution in [0.15, 0.2) is 42.9 Å². The Labute approximate surface area is 120 Å². The lowest BCUT2D eigenvalue weighted by molar-refractivity contribution is 0.0697. The van der Waals surface area contributed by atoms with Crippen LogP contribution in [0.1, 0.15) is 15.9 Å². The largest absolute Gasteiger partial charge is 0.481 e. The Morgan fingerprint density at radius 1 is 1.29 bits per heavy atom. The van der Waals surface area contributed by atoms with E-state index in [-0.39, 0.29) is 5.56 Å². The van der Waals surface area contributed by atoms with Crippen molar-refractivity contribution in [2.75, 3.05) is 7.11 Å². The van der Waals surface area contributed by atoms with Crippen LogP contribution in [0.3, 0.4) is 0 Å². The molecule has 6 nitrogen and oxygen atoms in total. The summed E-state index contributed by atoms with van der Waals surface area (Å²) >= 11 is 0. The minimum absolute atomic E-state index is 0.235. The van der Waals surface area contributed by atoms with Crippen molar-refractivity contribution in [1.29, 1.82) is 0 Å². The first-order valence-corrected chi connectivity index (χ1v) is 6.34. The zero-order valence-corrected chi connectivity index (χ0v) is 11.4. The van der Waals surface area contributed by atoms with Crippen molar-refractivity contribution in [3.63, 3.8) is 0 Å². The first kappa shape index (κ1) is 13.1. The van der Waals surface area contributed by atoms with Crippen LogP contribution in [0.4, 0.5) is 0 Å². The van der Waals surface area contributed by atoms with E-state index in [2.05, 4.69) is 9.97 Å². The Bertz CT molecular complexity index is 811. The number of aromatic nitrogens is 3. The number of rotatable bonds is 4. The van der Waals surface area contributed by atoms with Crippen LogP contribution in [0.5, 0.6) is 5.88 Å². The van der Waals surface area contributed by atoms with E-state index in [1.54, 1.807) is 37.8 Å². The second-order valence-corrected chi connectivity index (χ2v) is 4.59. The normalized spacial score (nSPS) is 10.7. The molecule has 0 aliphatic heterocycles. The van der Waals surface area contributed by atoms with Crippen LogP contribution >= 0.6 is 0 Å². The minimum atomic E-state index is -0.953. The number of hydrogen-bond donors (Lipinski definition) is 1. The Hall–Kier alpha value is -2.89. The van der Waals surface area contributed by atoms with Gasteiger partial charge in [-0.3, -0.25) is 0 Å². The van der Waals surface area contributed by atoms with Crippen LogP contribution in [0.2, 0.25) is 0 Å². The zero-order valence-electron chi connectivity index (χ0n) is 11.4. The highest BCUT2D eigenvalue weighted by Gasteiger charge is 2.08. The Balaban J connectivity index is 1.95. The first-order valence-electron chi connectivity index (χ1n) is 6.34. The standard InChI is InChI=1S/C15H13N3O3/c1-21-14-6-10(4-5-16-14)8-18-9-17-12-7-11(15(19)20)2-3-13(12)18/h2-7,9H,8H2,1H3,(H,19,20). The molecule has 0 saturated carbocycles. The van der Waals surface area contributed by atoms with E-state index in [1.165, 1.54) is 0 Å². The molecule has 6 heteroatoms. The molecule has 3 rings (SSSR count). The Kier molecular flexibility index (Phi) is 3.27. The summed E-state index contributed by atoms with van der Waals surface area (Å²) in [6, 6.07) is 8.68. The highest BCUT2D eigenvalue weighted by atomic mass is 16.5. The fraction of sp³-hybridized carbons (Fsp3) is 0.133. The van der Waals surface area contributed by atoms with Crippen molar-refractivity contribution < 1.29 is 14.6 Å². The average molecular weight is 283 g/mol. The Morgan fingerprint density at radius 2 is 2.14 bits per heavy atom. The Morgan fingerprint density at radius 3 is 2.90 bits per heavy atom. The van der Waals surface area contributed by atoms with Crippen LogP contribution in [0.25, 0.3) is 11.0 Å². The molecule has 0 bridgehead atoms. The molecule has 3 aromatic rings. The molecule has 2 heterocycles.